The van der Waals surface area contributed by atoms with Crippen LogP contribution in [-0.2, 0) is 13.2 Å². The third-order valence-corrected chi connectivity index (χ3v) is 4.82. The molecule has 0 bridgehead atoms. The van der Waals surface area contributed by atoms with Crippen LogP contribution in [0.5, 0.6) is 5.75 Å². The smallest absolute Gasteiger partial charge is 0.119 e. The van der Waals surface area contributed by atoms with Gasteiger partial charge in [0.25, 0.3) is 0 Å². The Labute approximate surface area is 139 Å². The number of benzene rings is 2. The van der Waals surface area contributed by atoms with Gasteiger partial charge in [-0.3, -0.25) is 0 Å². The molecule has 2 heteroatoms. The van der Waals surface area contributed by atoms with Crippen molar-refractivity contribution in [2.24, 2.45) is 0 Å². The summed E-state index contributed by atoms with van der Waals surface area (Å²) in [5.41, 5.74) is 3.60. The van der Waals surface area contributed by atoms with Gasteiger partial charge in [0.05, 0.1) is 6.61 Å². The highest BCUT2D eigenvalue weighted by Crippen LogP contribution is 2.31. The number of hydrogen-bond donors (Lipinski definition) is 1. The van der Waals surface area contributed by atoms with E-state index in [-0.39, 0.29) is 6.61 Å². The van der Waals surface area contributed by atoms with E-state index in [2.05, 4.69) is 24.3 Å². The zero-order valence-electron chi connectivity index (χ0n) is 13.7. The molecule has 1 N–H and O–H groups in total. The van der Waals surface area contributed by atoms with Gasteiger partial charge in [0.15, 0.2) is 0 Å². The first kappa shape index (κ1) is 16.1. The SMILES string of the molecule is OCc1ccc(OCc2ccc(C3CCCCCC3)cc2)cc1. The Kier molecular flexibility index (Phi) is 5.71. The molecule has 1 aliphatic carbocycles. The number of hydrogen-bond acceptors (Lipinski definition) is 2. The minimum Gasteiger partial charge on any atom is -0.489 e. The van der Waals surface area contributed by atoms with E-state index < -0.39 is 0 Å². The van der Waals surface area contributed by atoms with Crippen LogP contribution >= 0.6 is 0 Å². The first-order valence-electron chi connectivity index (χ1n) is 8.76. The molecule has 23 heavy (non-hydrogen) atoms. The quantitative estimate of drug-likeness (QED) is 0.770. The first-order valence-corrected chi connectivity index (χ1v) is 8.76. The minimum absolute atomic E-state index is 0.0723. The van der Waals surface area contributed by atoms with Gasteiger partial charge in [-0.25, -0.2) is 0 Å². The topological polar surface area (TPSA) is 29.5 Å². The fraction of sp³-hybridized carbons (Fsp3) is 0.429. The molecule has 0 unspecified atom stereocenters. The highest BCUT2D eigenvalue weighted by molar-refractivity contribution is 5.28. The lowest BCUT2D eigenvalue weighted by molar-refractivity contribution is 0.280. The second-order valence-corrected chi connectivity index (χ2v) is 6.52. The van der Waals surface area contributed by atoms with Crippen LogP contribution in [0.1, 0.15) is 61.1 Å². The maximum atomic E-state index is 9.05. The maximum absolute atomic E-state index is 9.05. The number of aliphatic hydroxyl groups is 1. The lowest BCUT2D eigenvalue weighted by atomic mass is 9.91. The second kappa shape index (κ2) is 8.16. The summed E-state index contributed by atoms with van der Waals surface area (Å²) in [5.74, 6) is 1.59. The van der Waals surface area contributed by atoms with E-state index in [0.29, 0.717) is 6.61 Å². The van der Waals surface area contributed by atoms with E-state index in [1.165, 1.54) is 49.7 Å². The van der Waals surface area contributed by atoms with E-state index in [0.717, 1.165) is 17.2 Å². The van der Waals surface area contributed by atoms with Crippen molar-refractivity contribution in [3.8, 4) is 5.75 Å². The predicted molar refractivity (Wildman–Crippen MR) is 93.6 cm³/mol. The Hall–Kier alpha value is -1.80. The van der Waals surface area contributed by atoms with E-state index in [1.54, 1.807) is 0 Å². The monoisotopic (exact) mass is 310 g/mol. The molecule has 0 spiro atoms. The summed E-state index contributed by atoms with van der Waals surface area (Å²) in [6.45, 7) is 0.659. The van der Waals surface area contributed by atoms with Gasteiger partial charge < -0.3 is 9.84 Å². The van der Waals surface area contributed by atoms with Gasteiger partial charge in [0, 0.05) is 0 Å². The molecule has 3 rings (SSSR count). The molecule has 0 amide bonds. The summed E-state index contributed by atoms with van der Waals surface area (Å²) in [6, 6.07) is 16.6. The summed E-state index contributed by atoms with van der Waals surface area (Å²) in [4.78, 5) is 0. The third kappa shape index (κ3) is 4.59. The first-order chi connectivity index (χ1) is 11.3. The Bertz CT molecular complexity index is 578. The van der Waals surface area contributed by atoms with Crippen LogP contribution in [0.2, 0.25) is 0 Å². The van der Waals surface area contributed by atoms with Crippen LogP contribution in [0.25, 0.3) is 0 Å². The predicted octanol–water partition coefficient (Wildman–Crippen LogP) is 5.20. The number of ether oxygens (including phenoxy) is 1. The van der Waals surface area contributed by atoms with Crippen LogP contribution in [0.15, 0.2) is 48.5 Å². The largest absolute Gasteiger partial charge is 0.489 e. The van der Waals surface area contributed by atoms with Crippen LogP contribution < -0.4 is 4.74 Å². The van der Waals surface area contributed by atoms with E-state index in [4.69, 9.17) is 9.84 Å². The van der Waals surface area contributed by atoms with E-state index >= 15 is 0 Å². The summed E-state index contributed by atoms with van der Waals surface area (Å²) in [6.07, 6.45) is 8.23. The molecule has 2 aromatic carbocycles. The molecule has 0 saturated heterocycles. The van der Waals surface area contributed by atoms with Crippen molar-refractivity contribution < 1.29 is 9.84 Å². The lowest BCUT2D eigenvalue weighted by Gasteiger charge is -2.15. The Morgan fingerprint density at radius 1 is 0.783 bits per heavy atom. The lowest BCUT2D eigenvalue weighted by Crippen LogP contribution is -1.99. The summed E-state index contributed by atoms with van der Waals surface area (Å²) >= 11 is 0. The fourth-order valence-corrected chi connectivity index (χ4v) is 3.36. The molecule has 1 fully saturated rings. The van der Waals surface area contributed by atoms with Crippen LogP contribution in [0.3, 0.4) is 0 Å². The molecule has 2 nitrogen and oxygen atoms in total. The number of rotatable bonds is 5. The van der Waals surface area contributed by atoms with Gasteiger partial charge in [-0.15, -0.1) is 0 Å². The van der Waals surface area contributed by atoms with E-state index in [9.17, 15) is 0 Å². The Balaban J connectivity index is 1.56. The third-order valence-electron chi connectivity index (χ3n) is 4.82. The molecule has 1 saturated carbocycles. The highest BCUT2D eigenvalue weighted by Gasteiger charge is 2.14. The van der Waals surface area contributed by atoms with Crippen molar-refractivity contribution in [3.05, 3.63) is 65.2 Å². The van der Waals surface area contributed by atoms with Gasteiger partial charge in [-0.2, -0.15) is 0 Å². The normalized spacial score (nSPS) is 16.0. The van der Waals surface area contributed by atoms with Crippen molar-refractivity contribution in [2.75, 3.05) is 0 Å². The molecule has 1 aliphatic rings. The zero-order valence-corrected chi connectivity index (χ0v) is 13.7. The molecular formula is C21H26O2. The second-order valence-electron chi connectivity index (χ2n) is 6.52. The molecule has 2 aromatic rings. The van der Waals surface area contributed by atoms with Crippen LogP contribution in [0.4, 0.5) is 0 Å². The van der Waals surface area contributed by atoms with Crippen molar-refractivity contribution in [1.82, 2.24) is 0 Å². The van der Waals surface area contributed by atoms with Gasteiger partial charge in [-0.05, 0) is 47.6 Å². The Morgan fingerprint density at radius 3 is 2.00 bits per heavy atom. The molecule has 0 heterocycles. The average Bonchev–Trinajstić information content (AvgIpc) is 2.90. The van der Waals surface area contributed by atoms with Crippen molar-refractivity contribution in [3.63, 3.8) is 0 Å². The molecule has 0 atom stereocenters. The van der Waals surface area contributed by atoms with Crippen molar-refractivity contribution in [1.29, 1.82) is 0 Å². The van der Waals surface area contributed by atoms with Crippen molar-refractivity contribution >= 4 is 0 Å². The summed E-state index contributed by atoms with van der Waals surface area (Å²) in [7, 11) is 0. The van der Waals surface area contributed by atoms with Crippen LogP contribution in [0, 0.1) is 0 Å². The Morgan fingerprint density at radius 2 is 1.39 bits per heavy atom. The molecular weight excluding hydrogens is 284 g/mol. The highest BCUT2D eigenvalue weighted by atomic mass is 16.5. The fourth-order valence-electron chi connectivity index (χ4n) is 3.36. The summed E-state index contributed by atoms with van der Waals surface area (Å²) < 4.78 is 5.82. The number of aliphatic hydroxyl groups excluding tert-OH is 1. The van der Waals surface area contributed by atoms with Gasteiger partial charge in [0.2, 0.25) is 0 Å². The van der Waals surface area contributed by atoms with Crippen molar-refractivity contribution in [2.45, 2.75) is 57.7 Å². The van der Waals surface area contributed by atoms with Gasteiger partial charge >= 0.3 is 0 Å². The zero-order chi connectivity index (χ0) is 15.9. The summed E-state index contributed by atoms with van der Waals surface area (Å²) in [5, 5.41) is 9.05. The molecule has 0 aliphatic heterocycles. The molecule has 122 valence electrons. The van der Waals surface area contributed by atoms with Crippen LogP contribution in [-0.4, -0.2) is 5.11 Å². The molecule has 0 aromatic heterocycles. The average molecular weight is 310 g/mol. The molecule has 0 radical (unpaired) electrons. The van der Waals surface area contributed by atoms with Gasteiger partial charge in [0.1, 0.15) is 12.4 Å². The van der Waals surface area contributed by atoms with E-state index in [1.807, 2.05) is 24.3 Å². The standard InChI is InChI=1S/C21H26O2/c22-15-17-9-13-21(14-10-17)23-16-18-7-11-20(12-8-18)19-5-3-1-2-4-6-19/h7-14,19,22H,1-6,15-16H2. The minimum atomic E-state index is 0.0723. The van der Waals surface area contributed by atoms with Gasteiger partial charge in [-0.1, -0.05) is 62.1 Å². The maximum Gasteiger partial charge on any atom is 0.119 e.